The molecule has 2 heterocycles. The first-order chi connectivity index (χ1) is 8.31. The third kappa shape index (κ3) is 3.09. The van der Waals surface area contributed by atoms with Gasteiger partial charge in [0.2, 0.25) is 5.95 Å². The van der Waals surface area contributed by atoms with Gasteiger partial charge >= 0.3 is 0 Å². The fraction of sp³-hybridized carbons (Fsp3) is 0.462. The normalized spacial score (nSPS) is 12.6. The highest BCUT2D eigenvalue weighted by Gasteiger charge is 2.09. The summed E-state index contributed by atoms with van der Waals surface area (Å²) in [6, 6.07) is 4.56. The SMILES string of the molecule is CCCCn1ccnc1NC(C)c1cccs1. The van der Waals surface area contributed by atoms with E-state index in [0.29, 0.717) is 6.04 Å². The highest BCUT2D eigenvalue weighted by atomic mass is 32.1. The van der Waals surface area contributed by atoms with Crippen molar-refractivity contribution in [3.63, 3.8) is 0 Å². The van der Waals surface area contributed by atoms with Crippen molar-refractivity contribution in [1.29, 1.82) is 0 Å². The third-order valence-electron chi connectivity index (χ3n) is 2.78. The number of aryl methyl sites for hydroxylation is 1. The van der Waals surface area contributed by atoms with Gasteiger partial charge in [0.25, 0.3) is 0 Å². The van der Waals surface area contributed by atoms with E-state index < -0.39 is 0 Å². The second-order valence-corrected chi connectivity index (χ2v) is 5.16. The van der Waals surface area contributed by atoms with Crippen LogP contribution in [0.2, 0.25) is 0 Å². The Labute approximate surface area is 107 Å². The molecule has 1 N–H and O–H groups in total. The Morgan fingerprint density at radius 1 is 1.53 bits per heavy atom. The van der Waals surface area contributed by atoms with E-state index in [9.17, 15) is 0 Å². The van der Waals surface area contributed by atoms with Gasteiger partial charge in [0.1, 0.15) is 0 Å². The van der Waals surface area contributed by atoms with Crippen molar-refractivity contribution in [2.45, 2.75) is 39.3 Å². The molecule has 1 unspecified atom stereocenters. The van der Waals surface area contributed by atoms with E-state index in [1.54, 1.807) is 11.3 Å². The largest absolute Gasteiger partial charge is 0.348 e. The van der Waals surface area contributed by atoms with Crippen molar-refractivity contribution in [2.24, 2.45) is 0 Å². The Kier molecular flexibility index (Phi) is 4.20. The van der Waals surface area contributed by atoms with Gasteiger partial charge in [-0.3, -0.25) is 0 Å². The highest BCUT2D eigenvalue weighted by Crippen LogP contribution is 2.22. The number of unbranched alkanes of at least 4 members (excludes halogenated alkanes) is 1. The number of nitrogens with one attached hydrogen (secondary N) is 1. The maximum absolute atomic E-state index is 4.38. The molecule has 0 saturated heterocycles. The van der Waals surface area contributed by atoms with Crippen LogP contribution < -0.4 is 5.32 Å². The summed E-state index contributed by atoms with van der Waals surface area (Å²) in [7, 11) is 0. The monoisotopic (exact) mass is 249 g/mol. The van der Waals surface area contributed by atoms with Crippen LogP contribution >= 0.6 is 11.3 Å². The van der Waals surface area contributed by atoms with E-state index in [0.717, 1.165) is 12.5 Å². The van der Waals surface area contributed by atoms with Crippen molar-refractivity contribution in [2.75, 3.05) is 5.32 Å². The van der Waals surface area contributed by atoms with Gasteiger partial charge in [0.05, 0.1) is 6.04 Å². The summed E-state index contributed by atoms with van der Waals surface area (Å²) in [6.45, 7) is 5.42. The molecule has 92 valence electrons. The van der Waals surface area contributed by atoms with Crippen LogP contribution in [0.15, 0.2) is 29.9 Å². The Hall–Kier alpha value is -1.29. The maximum atomic E-state index is 4.38. The lowest BCUT2D eigenvalue weighted by molar-refractivity contribution is 0.631. The first-order valence-electron chi connectivity index (χ1n) is 6.12. The number of rotatable bonds is 6. The lowest BCUT2D eigenvalue weighted by atomic mass is 10.3. The molecule has 2 aromatic heterocycles. The summed E-state index contributed by atoms with van der Waals surface area (Å²) in [5.41, 5.74) is 0. The first kappa shape index (κ1) is 12.2. The zero-order chi connectivity index (χ0) is 12.1. The van der Waals surface area contributed by atoms with Gasteiger partial charge in [-0.05, 0) is 24.8 Å². The number of hydrogen-bond donors (Lipinski definition) is 1. The number of nitrogens with zero attached hydrogens (tertiary/aromatic N) is 2. The highest BCUT2D eigenvalue weighted by molar-refractivity contribution is 7.10. The molecular weight excluding hydrogens is 230 g/mol. The molecule has 17 heavy (non-hydrogen) atoms. The molecule has 1 atom stereocenters. The average Bonchev–Trinajstić information content (AvgIpc) is 2.97. The lowest BCUT2D eigenvalue weighted by Crippen LogP contribution is -2.10. The van der Waals surface area contributed by atoms with Crippen LogP contribution in [0.3, 0.4) is 0 Å². The second kappa shape index (κ2) is 5.87. The van der Waals surface area contributed by atoms with E-state index >= 15 is 0 Å². The summed E-state index contributed by atoms with van der Waals surface area (Å²) in [4.78, 5) is 5.72. The molecule has 0 aliphatic rings. The number of aromatic nitrogens is 2. The Morgan fingerprint density at radius 2 is 2.41 bits per heavy atom. The van der Waals surface area contributed by atoms with Crippen LogP contribution in [0.4, 0.5) is 5.95 Å². The molecule has 0 saturated carbocycles. The van der Waals surface area contributed by atoms with Gasteiger partial charge in [0.15, 0.2) is 0 Å². The van der Waals surface area contributed by atoms with E-state index in [1.807, 2.05) is 12.4 Å². The predicted octanol–water partition coefficient (Wildman–Crippen LogP) is 3.92. The molecule has 0 spiro atoms. The summed E-state index contributed by atoms with van der Waals surface area (Å²) in [6.07, 6.45) is 6.30. The molecule has 2 aromatic rings. The van der Waals surface area contributed by atoms with E-state index in [1.165, 1.54) is 17.7 Å². The van der Waals surface area contributed by atoms with Crippen LogP contribution in [-0.4, -0.2) is 9.55 Å². The van der Waals surface area contributed by atoms with Gasteiger partial charge in [-0.25, -0.2) is 4.98 Å². The smallest absolute Gasteiger partial charge is 0.203 e. The van der Waals surface area contributed by atoms with Gasteiger partial charge in [-0.15, -0.1) is 11.3 Å². The molecule has 0 radical (unpaired) electrons. The molecule has 4 heteroatoms. The Balaban J connectivity index is 2.00. The van der Waals surface area contributed by atoms with Crippen LogP contribution in [0, 0.1) is 0 Å². The molecule has 3 nitrogen and oxygen atoms in total. The van der Waals surface area contributed by atoms with E-state index in [2.05, 4.69) is 46.2 Å². The van der Waals surface area contributed by atoms with Crippen molar-refractivity contribution in [3.8, 4) is 0 Å². The Morgan fingerprint density at radius 3 is 3.12 bits per heavy atom. The zero-order valence-electron chi connectivity index (χ0n) is 10.4. The minimum absolute atomic E-state index is 0.317. The minimum atomic E-state index is 0.317. The number of hydrogen-bond acceptors (Lipinski definition) is 3. The first-order valence-corrected chi connectivity index (χ1v) is 7.00. The van der Waals surface area contributed by atoms with Gasteiger partial charge in [-0.1, -0.05) is 19.4 Å². The zero-order valence-corrected chi connectivity index (χ0v) is 11.2. The molecule has 0 aromatic carbocycles. The van der Waals surface area contributed by atoms with E-state index in [-0.39, 0.29) is 0 Å². The molecule has 0 fully saturated rings. The molecule has 0 amide bonds. The minimum Gasteiger partial charge on any atom is -0.348 e. The molecule has 0 aliphatic carbocycles. The summed E-state index contributed by atoms with van der Waals surface area (Å²) < 4.78 is 2.19. The molecule has 2 rings (SSSR count). The summed E-state index contributed by atoms with van der Waals surface area (Å²) in [5, 5.41) is 5.57. The van der Waals surface area contributed by atoms with Crippen LogP contribution in [-0.2, 0) is 6.54 Å². The third-order valence-corrected chi connectivity index (χ3v) is 3.84. The second-order valence-electron chi connectivity index (χ2n) is 4.18. The number of thiophene rings is 1. The van der Waals surface area contributed by atoms with Crippen LogP contribution in [0.5, 0.6) is 0 Å². The lowest BCUT2D eigenvalue weighted by Gasteiger charge is -2.14. The quantitative estimate of drug-likeness (QED) is 0.841. The van der Waals surface area contributed by atoms with Gasteiger partial charge in [-0.2, -0.15) is 0 Å². The summed E-state index contributed by atoms with van der Waals surface area (Å²) >= 11 is 1.78. The molecule has 0 bridgehead atoms. The topological polar surface area (TPSA) is 29.9 Å². The molecule has 0 aliphatic heterocycles. The molecular formula is C13H19N3S. The number of imidazole rings is 1. The van der Waals surface area contributed by atoms with Crippen LogP contribution in [0.25, 0.3) is 0 Å². The van der Waals surface area contributed by atoms with Gasteiger partial charge in [0, 0.05) is 23.8 Å². The predicted molar refractivity (Wildman–Crippen MR) is 73.5 cm³/mol. The fourth-order valence-electron chi connectivity index (χ4n) is 1.76. The summed E-state index contributed by atoms with van der Waals surface area (Å²) in [5.74, 6) is 0.972. The number of anilines is 1. The van der Waals surface area contributed by atoms with Gasteiger partial charge < -0.3 is 9.88 Å². The fourth-order valence-corrected chi connectivity index (χ4v) is 2.50. The van der Waals surface area contributed by atoms with Crippen molar-refractivity contribution >= 4 is 17.3 Å². The van der Waals surface area contributed by atoms with Crippen molar-refractivity contribution in [1.82, 2.24) is 9.55 Å². The van der Waals surface area contributed by atoms with Crippen LogP contribution in [0.1, 0.15) is 37.6 Å². The Bertz CT molecular complexity index is 433. The van der Waals surface area contributed by atoms with Crippen molar-refractivity contribution < 1.29 is 0 Å². The average molecular weight is 249 g/mol. The maximum Gasteiger partial charge on any atom is 0.203 e. The van der Waals surface area contributed by atoms with E-state index in [4.69, 9.17) is 0 Å². The van der Waals surface area contributed by atoms with Crippen molar-refractivity contribution in [3.05, 3.63) is 34.8 Å². The standard InChI is InChI=1S/C13H19N3S/c1-3-4-8-16-9-7-14-13(16)15-11(2)12-6-5-10-17-12/h5-7,9-11H,3-4,8H2,1-2H3,(H,14,15).